The number of carbonyl (C=O) groups excluding carboxylic acids is 1. The van der Waals surface area contributed by atoms with Gasteiger partial charge in [0.2, 0.25) is 0 Å². The first-order chi connectivity index (χ1) is 11.7. The molecule has 1 saturated heterocycles. The molecule has 128 valence electrons. The number of aryl methyl sites for hydroxylation is 1. The summed E-state index contributed by atoms with van der Waals surface area (Å²) in [7, 11) is 0. The predicted octanol–water partition coefficient (Wildman–Crippen LogP) is 4.15. The lowest BCUT2D eigenvalue weighted by molar-refractivity contribution is 0.0232. The number of hydrogen-bond donors (Lipinski definition) is 1. The zero-order valence-electron chi connectivity index (χ0n) is 14.1. The molecular formula is C18H23N3O2S. The van der Waals surface area contributed by atoms with Gasteiger partial charge in [0.05, 0.1) is 6.10 Å². The van der Waals surface area contributed by atoms with Crippen LogP contribution in [0.2, 0.25) is 0 Å². The van der Waals surface area contributed by atoms with Crippen molar-refractivity contribution in [2.75, 3.05) is 25.0 Å². The SMILES string of the molecule is CCOC1CCN(C(=O)Nc2cccc(-c3nc(C)cs3)c2)CC1. The highest BCUT2D eigenvalue weighted by Gasteiger charge is 2.23. The van der Waals surface area contributed by atoms with Crippen LogP contribution in [0.4, 0.5) is 10.5 Å². The lowest BCUT2D eigenvalue weighted by Crippen LogP contribution is -2.43. The Hall–Kier alpha value is -1.92. The van der Waals surface area contributed by atoms with Crippen LogP contribution in [0.25, 0.3) is 10.6 Å². The molecule has 0 spiro atoms. The Morgan fingerprint density at radius 2 is 2.21 bits per heavy atom. The van der Waals surface area contributed by atoms with Crippen molar-refractivity contribution < 1.29 is 9.53 Å². The van der Waals surface area contributed by atoms with Crippen molar-refractivity contribution in [1.29, 1.82) is 0 Å². The quantitative estimate of drug-likeness (QED) is 0.905. The largest absolute Gasteiger partial charge is 0.378 e. The second kappa shape index (κ2) is 7.77. The first-order valence-electron chi connectivity index (χ1n) is 8.36. The monoisotopic (exact) mass is 345 g/mol. The topological polar surface area (TPSA) is 54.5 Å². The number of piperidine rings is 1. The van der Waals surface area contributed by atoms with Gasteiger partial charge >= 0.3 is 6.03 Å². The summed E-state index contributed by atoms with van der Waals surface area (Å²) in [4.78, 5) is 18.8. The molecule has 24 heavy (non-hydrogen) atoms. The van der Waals surface area contributed by atoms with Crippen molar-refractivity contribution in [2.45, 2.75) is 32.8 Å². The van der Waals surface area contributed by atoms with Gasteiger partial charge in [0.15, 0.2) is 0 Å². The maximum absolute atomic E-state index is 12.4. The van der Waals surface area contributed by atoms with E-state index < -0.39 is 0 Å². The number of hydrogen-bond acceptors (Lipinski definition) is 4. The fraction of sp³-hybridized carbons (Fsp3) is 0.444. The summed E-state index contributed by atoms with van der Waals surface area (Å²) in [6.45, 7) is 6.21. The van der Waals surface area contributed by atoms with Gasteiger partial charge in [0.25, 0.3) is 0 Å². The standard InChI is InChI=1S/C18H23N3O2S/c1-3-23-16-7-9-21(10-8-16)18(22)20-15-6-4-5-14(11-15)17-19-13(2)12-24-17/h4-6,11-12,16H,3,7-10H2,1-2H3,(H,20,22). The van der Waals surface area contributed by atoms with E-state index in [-0.39, 0.29) is 12.1 Å². The molecule has 5 nitrogen and oxygen atoms in total. The fourth-order valence-electron chi connectivity index (χ4n) is 2.88. The van der Waals surface area contributed by atoms with Crippen LogP contribution < -0.4 is 5.32 Å². The number of aromatic nitrogens is 1. The van der Waals surface area contributed by atoms with E-state index in [0.717, 1.165) is 54.5 Å². The third kappa shape index (κ3) is 4.13. The first-order valence-corrected chi connectivity index (χ1v) is 9.23. The van der Waals surface area contributed by atoms with Crippen LogP contribution >= 0.6 is 11.3 Å². The van der Waals surface area contributed by atoms with Gasteiger partial charge in [-0.1, -0.05) is 12.1 Å². The van der Waals surface area contributed by atoms with Crippen LogP contribution in [-0.2, 0) is 4.74 Å². The molecule has 2 heterocycles. The van der Waals surface area contributed by atoms with Crippen molar-refractivity contribution in [3.05, 3.63) is 35.3 Å². The molecule has 0 radical (unpaired) electrons. The van der Waals surface area contributed by atoms with E-state index in [9.17, 15) is 4.79 Å². The Kier molecular flexibility index (Phi) is 5.48. The maximum atomic E-state index is 12.4. The van der Waals surface area contributed by atoms with Crippen LogP contribution in [-0.4, -0.2) is 41.7 Å². The minimum atomic E-state index is -0.0441. The highest BCUT2D eigenvalue weighted by molar-refractivity contribution is 7.13. The number of nitrogens with one attached hydrogen (secondary N) is 1. The molecule has 1 aliphatic heterocycles. The highest BCUT2D eigenvalue weighted by atomic mass is 32.1. The molecule has 1 N–H and O–H groups in total. The molecule has 0 bridgehead atoms. The molecule has 1 aliphatic rings. The molecule has 1 aromatic carbocycles. The second-order valence-corrected chi connectivity index (χ2v) is 6.80. The van der Waals surface area contributed by atoms with Crippen LogP contribution in [0.5, 0.6) is 0 Å². The average Bonchev–Trinajstić information content (AvgIpc) is 3.03. The molecule has 0 aliphatic carbocycles. The number of rotatable bonds is 4. The van der Waals surface area contributed by atoms with Crippen molar-refractivity contribution in [3.63, 3.8) is 0 Å². The van der Waals surface area contributed by atoms with Gasteiger partial charge in [-0.25, -0.2) is 9.78 Å². The van der Waals surface area contributed by atoms with Crippen LogP contribution in [0, 0.1) is 6.92 Å². The zero-order chi connectivity index (χ0) is 16.9. The summed E-state index contributed by atoms with van der Waals surface area (Å²) in [5.74, 6) is 0. The minimum absolute atomic E-state index is 0.0441. The molecule has 3 rings (SSSR count). The van der Waals surface area contributed by atoms with Gasteiger partial charge in [0.1, 0.15) is 5.01 Å². The van der Waals surface area contributed by atoms with Gasteiger partial charge in [-0.3, -0.25) is 0 Å². The second-order valence-electron chi connectivity index (χ2n) is 5.95. The van der Waals surface area contributed by atoms with Gasteiger partial charge in [-0.2, -0.15) is 0 Å². The van der Waals surface area contributed by atoms with Crippen LogP contribution in [0.1, 0.15) is 25.5 Å². The zero-order valence-corrected chi connectivity index (χ0v) is 14.9. The third-order valence-electron chi connectivity index (χ3n) is 4.11. The molecule has 0 unspecified atom stereocenters. The van der Waals surface area contributed by atoms with Crippen molar-refractivity contribution in [3.8, 4) is 10.6 Å². The fourth-order valence-corrected chi connectivity index (χ4v) is 3.67. The molecule has 0 saturated carbocycles. The van der Waals surface area contributed by atoms with Gasteiger partial charge in [-0.15, -0.1) is 11.3 Å². The molecule has 0 atom stereocenters. The van der Waals surface area contributed by atoms with Crippen molar-refractivity contribution in [1.82, 2.24) is 9.88 Å². The molecule has 2 aromatic rings. The number of likely N-dealkylation sites (tertiary alicyclic amines) is 1. The van der Waals surface area contributed by atoms with E-state index in [4.69, 9.17) is 4.74 Å². The van der Waals surface area contributed by atoms with E-state index in [0.29, 0.717) is 0 Å². The van der Waals surface area contributed by atoms with E-state index in [1.807, 2.05) is 48.4 Å². The van der Waals surface area contributed by atoms with Gasteiger partial charge in [-0.05, 0) is 38.8 Å². The third-order valence-corrected chi connectivity index (χ3v) is 5.12. The highest BCUT2D eigenvalue weighted by Crippen LogP contribution is 2.26. The smallest absolute Gasteiger partial charge is 0.321 e. The minimum Gasteiger partial charge on any atom is -0.378 e. The summed E-state index contributed by atoms with van der Waals surface area (Å²) in [5.41, 5.74) is 2.85. The van der Waals surface area contributed by atoms with Crippen LogP contribution in [0.15, 0.2) is 29.6 Å². The lowest BCUT2D eigenvalue weighted by atomic mass is 10.1. The maximum Gasteiger partial charge on any atom is 0.321 e. The molecule has 1 aromatic heterocycles. The van der Waals surface area contributed by atoms with E-state index in [2.05, 4.69) is 10.3 Å². The number of amides is 2. The number of nitrogens with zero attached hydrogens (tertiary/aromatic N) is 2. The normalized spacial score (nSPS) is 15.5. The first kappa shape index (κ1) is 16.9. The Balaban J connectivity index is 1.61. The summed E-state index contributed by atoms with van der Waals surface area (Å²) < 4.78 is 5.63. The summed E-state index contributed by atoms with van der Waals surface area (Å²) in [6.07, 6.45) is 2.09. The number of thiazole rings is 1. The molecule has 2 amide bonds. The predicted molar refractivity (Wildman–Crippen MR) is 97.5 cm³/mol. The van der Waals surface area contributed by atoms with Gasteiger partial charge in [0, 0.05) is 42.0 Å². The number of benzene rings is 1. The number of ether oxygens (including phenoxy) is 1. The van der Waals surface area contributed by atoms with Gasteiger partial charge < -0.3 is 15.0 Å². The Bertz CT molecular complexity index is 693. The Morgan fingerprint density at radius 3 is 2.88 bits per heavy atom. The van der Waals surface area contributed by atoms with E-state index >= 15 is 0 Å². The summed E-state index contributed by atoms with van der Waals surface area (Å²) in [6, 6.07) is 7.81. The lowest BCUT2D eigenvalue weighted by Gasteiger charge is -2.31. The number of urea groups is 1. The molecular weight excluding hydrogens is 322 g/mol. The number of anilines is 1. The Labute approximate surface area is 146 Å². The summed E-state index contributed by atoms with van der Waals surface area (Å²) in [5, 5.41) is 6.00. The van der Waals surface area contributed by atoms with Crippen LogP contribution in [0.3, 0.4) is 0 Å². The number of carbonyl (C=O) groups is 1. The summed E-state index contributed by atoms with van der Waals surface area (Å²) >= 11 is 1.61. The average molecular weight is 345 g/mol. The van der Waals surface area contributed by atoms with Crippen molar-refractivity contribution in [2.24, 2.45) is 0 Å². The molecule has 6 heteroatoms. The van der Waals surface area contributed by atoms with E-state index in [1.165, 1.54) is 0 Å². The Morgan fingerprint density at radius 1 is 1.42 bits per heavy atom. The molecule has 1 fully saturated rings. The van der Waals surface area contributed by atoms with Crippen molar-refractivity contribution >= 4 is 23.1 Å². The van der Waals surface area contributed by atoms with E-state index in [1.54, 1.807) is 11.3 Å².